The summed E-state index contributed by atoms with van der Waals surface area (Å²) in [5.74, 6) is -0.950. The largest absolute Gasteiger partial charge is 0.478 e. The van der Waals surface area contributed by atoms with Crippen LogP contribution < -0.4 is 5.73 Å². The zero-order valence-corrected chi connectivity index (χ0v) is 9.36. The third kappa shape index (κ3) is 1.76. The summed E-state index contributed by atoms with van der Waals surface area (Å²) in [6.07, 6.45) is 1.10. The van der Waals surface area contributed by atoms with Gasteiger partial charge in [0.2, 0.25) is 0 Å². The summed E-state index contributed by atoms with van der Waals surface area (Å²) in [7, 11) is 0. The molecule has 1 aromatic carbocycles. The van der Waals surface area contributed by atoms with E-state index in [2.05, 4.69) is 11.8 Å². The van der Waals surface area contributed by atoms with Crippen LogP contribution >= 0.6 is 0 Å². The number of nitrogens with two attached hydrogens (primary N) is 1. The van der Waals surface area contributed by atoms with Crippen LogP contribution in [0.25, 0.3) is 0 Å². The Morgan fingerprint density at radius 2 is 2.25 bits per heavy atom. The van der Waals surface area contributed by atoms with E-state index >= 15 is 0 Å². The molecule has 3 N–H and O–H groups in total. The highest BCUT2D eigenvalue weighted by atomic mass is 16.4. The maximum absolute atomic E-state index is 10.9. The minimum Gasteiger partial charge on any atom is -0.478 e. The van der Waals surface area contributed by atoms with Gasteiger partial charge >= 0.3 is 5.97 Å². The van der Waals surface area contributed by atoms with Crippen molar-refractivity contribution in [1.29, 1.82) is 0 Å². The molecule has 0 spiro atoms. The normalized spacial score (nSPS) is 15.1. The topological polar surface area (TPSA) is 66.6 Å². The van der Waals surface area contributed by atoms with Crippen molar-refractivity contribution in [2.24, 2.45) is 0 Å². The summed E-state index contributed by atoms with van der Waals surface area (Å²) >= 11 is 0. The van der Waals surface area contributed by atoms with Crippen molar-refractivity contribution in [2.45, 2.75) is 26.4 Å². The number of hydrogen-bond donors (Lipinski definition) is 2. The van der Waals surface area contributed by atoms with Gasteiger partial charge in [0.15, 0.2) is 0 Å². The molecule has 1 aliphatic heterocycles. The lowest BCUT2D eigenvalue weighted by atomic mass is 10.0. The quantitative estimate of drug-likeness (QED) is 0.761. The van der Waals surface area contributed by atoms with Gasteiger partial charge in [-0.3, -0.25) is 4.90 Å². The number of nitrogen functional groups attached to an aromatic ring is 1. The minimum absolute atomic E-state index is 0.220. The standard InChI is InChI=1S/C12H16N2O2/c1-2-5-14-6-8-3-4-9(12(15)16)11(13)10(8)7-14/h3-4H,2,5-7,13H2,1H3,(H,15,16). The summed E-state index contributed by atoms with van der Waals surface area (Å²) in [6.45, 7) is 4.81. The Morgan fingerprint density at radius 3 is 2.88 bits per heavy atom. The predicted molar refractivity (Wildman–Crippen MR) is 62.2 cm³/mol. The van der Waals surface area contributed by atoms with E-state index in [1.807, 2.05) is 6.07 Å². The molecule has 16 heavy (non-hydrogen) atoms. The predicted octanol–water partition coefficient (Wildman–Crippen LogP) is 1.69. The average molecular weight is 220 g/mol. The zero-order valence-electron chi connectivity index (χ0n) is 9.36. The number of benzene rings is 1. The van der Waals surface area contributed by atoms with Crippen molar-refractivity contribution < 1.29 is 9.90 Å². The van der Waals surface area contributed by atoms with Crippen LogP contribution in [0.4, 0.5) is 5.69 Å². The Hall–Kier alpha value is -1.55. The van der Waals surface area contributed by atoms with Crippen LogP contribution in [0.2, 0.25) is 0 Å². The van der Waals surface area contributed by atoms with E-state index in [1.54, 1.807) is 6.07 Å². The second kappa shape index (κ2) is 4.14. The molecule has 4 heteroatoms. The molecule has 2 rings (SSSR count). The molecule has 0 unspecified atom stereocenters. The summed E-state index contributed by atoms with van der Waals surface area (Å²) < 4.78 is 0. The van der Waals surface area contributed by atoms with E-state index in [4.69, 9.17) is 10.8 Å². The Balaban J connectivity index is 2.32. The molecule has 0 aromatic heterocycles. The lowest BCUT2D eigenvalue weighted by molar-refractivity contribution is 0.0698. The van der Waals surface area contributed by atoms with E-state index in [-0.39, 0.29) is 5.56 Å². The minimum atomic E-state index is -0.950. The summed E-state index contributed by atoms with van der Waals surface area (Å²) in [6, 6.07) is 3.48. The lowest BCUT2D eigenvalue weighted by Crippen LogP contribution is -2.17. The molecule has 0 fully saturated rings. The van der Waals surface area contributed by atoms with Crippen molar-refractivity contribution >= 4 is 11.7 Å². The van der Waals surface area contributed by atoms with Gasteiger partial charge in [-0.15, -0.1) is 0 Å². The van der Waals surface area contributed by atoms with Crippen LogP contribution in [0.5, 0.6) is 0 Å². The zero-order chi connectivity index (χ0) is 11.7. The van der Waals surface area contributed by atoms with E-state index < -0.39 is 5.97 Å². The highest BCUT2D eigenvalue weighted by Crippen LogP contribution is 2.30. The van der Waals surface area contributed by atoms with Crippen LogP contribution in [0.3, 0.4) is 0 Å². The number of hydrogen-bond acceptors (Lipinski definition) is 3. The van der Waals surface area contributed by atoms with Crippen molar-refractivity contribution in [3.8, 4) is 0 Å². The Kier molecular flexibility index (Phi) is 2.83. The number of anilines is 1. The average Bonchev–Trinajstić information content (AvgIpc) is 2.62. The molecule has 1 aromatic rings. The molecule has 0 bridgehead atoms. The number of aromatic carboxylic acids is 1. The molecular weight excluding hydrogens is 204 g/mol. The van der Waals surface area contributed by atoms with Crippen molar-refractivity contribution in [3.63, 3.8) is 0 Å². The van der Waals surface area contributed by atoms with Crippen LogP contribution in [-0.4, -0.2) is 22.5 Å². The van der Waals surface area contributed by atoms with E-state index in [0.29, 0.717) is 5.69 Å². The van der Waals surface area contributed by atoms with E-state index in [1.165, 1.54) is 0 Å². The lowest BCUT2D eigenvalue weighted by Gasteiger charge is -2.12. The fraction of sp³-hybridized carbons (Fsp3) is 0.417. The monoisotopic (exact) mass is 220 g/mol. The molecule has 0 amide bonds. The Bertz CT molecular complexity index is 429. The fourth-order valence-electron chi connectivity index (χ4n) is 2.23. The number of fused-ring (bicyclic) bond motifs is 1. The maximum Gasteiger partial charge on any atom is 0.337 e. The number of carboxylic acids is 1. The summed E-state index contributed by atoms with van der Waals surface area (Å²) in [5.41, 5.74) is 8.70. The van der Waals surface area contributed by atoms with Gasteiger partial charge in [0.05, 0.1) is 11.3 Å². The number of carbonyl (C=O) groups is 1. The van der Waals surface area contributed by atoms with E-state index in [0.717, 1.165) is 37.2 Å². The Morgan fingerprint density at radius 1 is 1.50 bits per heavy atom. The van der Waals surface area contributed by atoms with Gasteiger partial charge in [-0.05, 0) is 30.2 Å². The number of rotatable bonds is 3. The van der Waals surface area contributed by atoms with Gasteiger partial charge in [0.25, 0.3) is 0 Å². The molecule has 0 aliphatic carbocycles. The molecular formula is C12H16N2O2. The molecule has 1 heterocycles. The fourth-order valence-corrected chi connectivity index (χ4v) is 2.23. The van der Waals surface area contributed by atoms with Crippen molar-refractivity contribution in [3.05, 3.63) is 28.8 Å². The highest BCUT2D eigenvalue weighted by molar-refractivity contribution is 5.94. The molecule has 1 aliphatic rings. The van der Waals surface area contributed by atoms with Crippen LogP contribution in [0.1, 0.15) is 34.8 Å². The maximum atomic E-state index is 10.9. The first kappa shape index (κ1) is 11.0. The number of carboxylic acid groups (broad SMARTS) is 1. The van der Waals surface area contributed by atoms with E-state index in [9.17, 15) is 4.79 Å². The molecule has 0 saturated heterocycles. The molecule has 86 valence electrons. The van der Waals surface area contributed by atoms with Gasteiger partial charge in [-0.1, -0.05) is 13.0 Å². The summed E-state index contributed by atoms with van der Waals surface area (Å²) in [5, 5.41) is 8.97. The van der Waals surface area contributed by atoms with Gasteiger partial charge in [0.1, 0.15) is 0 Å². The second-order valence-corrected chi connectivity index (χ2v) is 4.18. The first-order chi connectivity index (χ1) is 7.63. The highest BCUT2D eigenvalue weighted by Gasteiger charge is 2.23. The first-order valence-electron chi connectivity index (χ1n) is 5.49. The molecule has 0 saturated carbocycles. The van der Waals surface area contributed by atoms with Gasteiger partial charge in [-0.25, -0.2) is 4.79 Å². The van der Waals surface area contributed by atoms with Gasteiger partial charge in [-0.2, -0.15) is 0 Å². The third-order valence-corrected chi connectivity index (χ3v) is 3.00. The Labute approximate surface area is 94.7 Å². The van der Waals surface area contributed by atoms with Gasteiger partial charge < -0.3 is 10.8 Å². The van der Waals surface area contributed by atoms with Crippen molar-refractivity contribution in [1.82, 2.24) is 4.90 Å². The van der Waals surface area contributed by atoms with Crippen LogP contribution in [0, 0.1) is 0 Å². The van der Waals surface area contributed by atoms with Crippen LogP contribution in [-0.2, 0) is 13.1 Å². The van der Waals surface area contributed by atoms with Crippen LogP contribution in [0.15, 0.2) is 12.1 Å². The molecule has 4 nitrogen and oxygen atoms in total. The first-order valence-corrected chi connectivity index (χ1v) is 5.49. The third-order valence-electron chi connectivity index (χ3n) is 3.00. The molecule has 0 radical (unpaired) electrons. The second-order valence-electron chi connectivity index (χ2n) is 4.18. The molecule has 0 atom stereocenters. The van der Waals surface area contributed by atoms with Gasteiger partial charge in [0, 0.05) is 13.1 Å². The SMILES string of the molecule is CCCN1Cc2ccc(C(=O)O)c(N)c2C1. The van der Waals surface area contributed by atoms with Crippen molar-refractivity contribution in [2.75, 3.05) is 12.3 Å². The smallest absolute Gasteiger partial charge is 0.337 e. The number of nitrogens with zero attached hydrogens (tertiary/aromatic N) is 1. The summed E-state index contributed by atoms with van der Waals surface area (Å²) in [4.78, 5) is 13.2.